The minimum atomic E-state index is -1.31. The first-order valence-electron chi connectivity index (χ1n) is 5.19. The monoisotopic (exact) mass is 251 g/mol. The predicted molar refractivity (Wildman–Crippen MR) is 61.3 cm³/mol. The number of hydrogen-bond acceptors (Lipinski definition) is 4. The van der Waals surface area contributed by atoms with E-state index in [2.05, 4.69) is 10.3 Å². The minimum Gasteiger partial charge on any atom is -0.480 e. The zero-order chi connectivity index (χ0) is 13.5. The molecule has 0 radical (unpaired) electrons. The third-order valence-electron chi connectivity index (χ3n) is 2.11. The number of pyridine rings is 1. The van der Waals surface area contributed by atoms with Crippen molar-refractivity contribution in [2.75, 3.05) is 0 Å². The van der Waals surface area contributed by atoms with Gasteiger partial charge in [-0.3, -0.25) is 14.6 Å². The zero-order valence-corrected chi connectivity index (χ0v) is 9.50. The van der Waals surface area contributed by atoms with Crippen LogP contribution in [-0.2, 0) is 20.8 Å². The Morgan fingerprint density at radius 2 is 2.11 bits per heavy atom. The van der Waals surface area contributed by atoms with Crippen molar-refractivity contribution in [2.24, 2.45) is 5.73 Å². The van der Waals surface area contributed by atoms with Crippen LogP contribution >= 0.6 is 0 Å². The lowest BCUT2D eigenvalue weighted by atomic mass is 10.2. The van der Waals surface area contributed by atoms with Gasteiger partial charge in [0.15, 0.2) is 0 Å². The molecule has 0 unspecified atom stereocenters. The first kappa shape index (κ1) is 13.6. The number of carboxylic acids is 1. The fourth-order valence-electron chi connectivity index (χ4n) is 1.31. The molecule has 0 saturated heterocycles. The van der Waals surface area contributed by atoms with Gasteiger partial charge in [0.1, 0.15) is 6.04 Å². The van der Waals surface area contributed by atoms with E-state index < -0.39 is 30.2 Å². The van der Waals surface area contributed by atoms with E-state index in [4.69, 9.17) is 10.8 Å². The van der Waals surface area contributed by atoms with Crippen molar-refractivity contribution in [2.45, 2.75) is 18.9 Å². The first-order chi connectivity index (χ1) is 8.49. The Morgan fingerprint density at radius 1 is 1.39 bits per heavy atom. The van der Waals surface area contributed by atoms with E-state index in [0.29, 0.717) is 5.69 Å². The third-order valence-corrected chi connectivity index (χ3v) is 2.11. The average molecular weight is 251 g/mol. The van der Waals surface area contributed by atoms with E-state index in [1.54, 1.807) is 18.2 Å². The molecule has 7 nitrogen and oxygen atoms in total. The SMILES string of the molecule is NC(=O)C[C@@H](NC(=O)Cc1ccccn1)C(=O)O. The summed E-state index contributed by atoms with van der Waals surface area (Å²) in [5.74, 6) is -2.62. The van der Waals surface area contributed by atoms with Crippen molar-refractivity contribution in [3.63, 3.8) is 0 Å². The third kappa shape index (κ3) is 4.60. The highest BCUT2D eigenvalue weighted by Gasteiger charge is 2.22. The molecule has 0 bridgehead atoms. The summed E-state index contributed by atoms with van der Waals surface area (Å²) in [4.78, 5) is 36.9. The van der Waals surface area contributed by atoms with Gasteiger partial charge in [-0.2, -0.15) is 0 Å². The fourth-order valence-corrected chi connectivity index (χ4v) is 1.31. The molecule has 2 amide bonds. The van der Waals surface area contributed by atoms with Crippen LogP contribution in [0.15, 0.2) is 24.4 Å². The first-order valence-corrected chi connectivity index (χ1v) is 5.19. The molecular weight excluding hydrogens is 238 g/mol. The Bertz CT molecular complexity index is 447. The molecule has 1 rings (SSSR count). The maximum absolute atomic E-state index is 11.5. The highest BCUT2D eigenvalue weighted by atomic mass is 16.4. The Hall–Kier alpha value is -2.44. The molecule has 0 saturated carbocycles. The number of aromatic nitrogens is 1. The molecule has 96 valence electrons. The van der Waals surface area contributed by atoms with Crippen molar-refractivity contribution >= 4 is 17.8 Å². The van der Waals surface area contributed by atoms with Crippen LogP contribution in [0.5, 0.6) is 0 Å². The van der Waals surface area contributed by atoms with Gasteiger partial charge in [0.05, 0.1) is 12.8 Å². The van der Waals surface area contributed by atoms with Gasteiger partial charge in [0, 0.05) is 11.9 Å². The lowest BCUT2D eigenvalue weighted by Crippen LogP contribution is -2.43. The number of amides is 2. The Labute approximate surface area is 103 Å². The average Bonchev–Trinajstić information content (AvgIpc) is 2.28. The Kier molecular flexibility index (Phi) is 4.79. The van der Waals surface area contributed by atoms with Crippen LogP contribution in [0.2, 0.25) is 0 Å². The lowest BCUT2D eigenvalue weighted by molar-refractivity contribution is -0.143. The number of nitrogens with one attached hydrogen (secondary N) is 1. The van der Waals surface area contributed by atoms with Gasteiger partial charge < -0.3 is 16.2 Å². The summed E-state index contributed by atoms with van der Waals surface area (Å²) in [6, 6.07) is 3.75. The van der Waals surface area contributed by atoms with E-state index in [1.165, 1.54) is 6.20 Å². The van der Waals surface area contributed by atoms with E-state index in [0.717, 1.165) is 0 Å². The predicted octanol–water partition coefficient (Wildman–Crippen LogP) is -0.931. The summed E-state index contributed by atoms with van der Waals surface area (Å²) in [5.41, 5.74) is 5.41. The van der Waals surface area contributed by atoms with E-state index in [9.17, 15) is 14.4 Å². The molecular formula is C11H13N3O4. The van der Waals surface area contributed by atoms with Crippen molar-refractivity contribution in [3.05, 3.63) is 30.1 Å². The highest BCUT2D eigenvalue weighted by Crippen LogP contribution is 1.97. The van der Waals surface area contributed by atoms with Crippen LogP contribution in [0, 0.1) is 0 Å². The van der Waals surface area contributed by atoms with E-state index >= 15 is 0 Å². The number of aliphatic carboxylic acids is 1. The lowest BCUT2D eigenvalue weighted by Gasteiger charge is -2.12. The van der Waals surface area contributed by atoms with Gasteiger partial charge in [-0.15, -0.1) is 0 Å². The van der Waals surface area contributed by atoms with Gasteiger partial charge in [-0.1, -0.05) is 6.07 Å². The van der Waals surface area contributed by atoms with Gasteiger partial charge >= 0.3 is 5.97 Å². The second-order valence-electron chi connectivity index (χ2n) is 3.63. The smallest absolute Gasteiger partial charge is 0.326 e. The van der Waals surface area contributed by atoms with Crippen LogP contribution in [0.1, 0.15) is 12.1 Å². The van der Waals surface area contributed by atoms with Gasteiger partial charge in [0.25, 0.3) is 0 Å². The van der Waals surface area contributed by atoms with Crippen LogP contribution in [0.4, 0.5) is 0 Å². The van der Waals surface area contributed by atoms with E-state index in [1.807, 2.05) is 0 Å². The number of primary amides is 1. The van der Waals surface area contributed by atoms with Crippen LogP contribution in [0.3, 0.4) is 0 Å². The molecule has 1 heterocycles. The van der Waals surface area contributed by atoms with Gasteiger partial charge in [-0.05, 0) is 12.1 Å². The molecule has 0 aliphatic carbocycles. The normalized spacial score (nSPS) is 11.6. The molecule has 0 fully saturated rings. The molecule has 0 aromatic carbocycles. The van der Waals surface area contributed by atoms with Crippen molar-refractivity contribution in [1.82, 2.24) is 10.3 Å². The number of nitrogens with two attached hydrogens (primary N) is 1. The number of carbonyl (C=O) groups is 3. The summed E-state index contributed by atoms with van der Waals surface area (Å²) in [7, 11) is 0. The molecule has 7 heteroatoms. The summed E-state index contributed by atoms with van der Waals surface area (Å²) in [5, 5.41) is 11.0. The zero-order valence-electron chi connectivity index (χ0n) is 9.50. The molecule has 4 N–H and O–H groups in total. The molecule has 1 atom stereocenters. The highest BCUT2D eigenvalue weighted by molar-refractivity contribution is 5.88. The van der Waals surface area contributed by atoms with Crippen LogP contribution < -0.4 is 11.1 Å². The Morgan fingerprint density at radius 3 is 2.61 bits per heavy atom. The van der Waals surface area contributed by atoms with Crippen molar-refractivity contribution in [1.29, 1.82) is 0 Å². The van der Waals surface area contributed by atoms with Crippen molar-refractivity contribution in [3.8, 4) is 0 Å². The van der Waals surface area contributed by atoms with Crippen molar-refractivity contribution < 1.29 is 19.5 Å². The maximum Gasteiger partial charge on any atom is 0.326 e. The number of carboxylic acid groups (broad SMARTS) is 1. The maximum atomic E-state index is 11.5. The fraction of sp³-hybridized carbons (Fsp3) is 0.273. The van der Waals surface area contributed by atoms with Gasteiger partial charge in [0.2, 0.25) is 11.8 Å². The topological polar surface area (TPSA) is 122 Å². The van der Waals surface area contributed by atoms with Gasteiger partial charge in [-0.25, -0.2) is 4.79 Å². The summed E-state index contributed by atoms with van der Waals surface area (Å²) in [6.07, 6.45) is 1.04. The quantitative estimate of drug-likeness (QED) is 0.602. The van der Waals surface area contributed by atoms with Crippen LogP contribution in [0.25, 0.3) is 0 Å². The van der Waals surface area contributed by atoms with E-state index in [-0.39, 0.29) is 6.42 Å². The summed E-state index contributed by atoms with van der Waals surface area (Å²) in [6.45, 7) is 0. The minimum absolute atomic E-state index is 0.0522. The molecule has 18 heavy (non-hydrogen) atoms. The second kappa shape index (κ2) is 6.33. The number of nitrogens with zero attached hydrogens (tertiary/aromatic N) is 1. The number of hydrogen-bond donors (Lipinski definition) is 3. The number of carbonyl (C=O) groups excluding carboxylic acids is 2. The molecule has 1 aromatic heterocycles. The number of rotatable bonds is 6. The summed E-state index contributed by atoms with van der Waals surface area (Å²) >= 11 is 0. The molecule has 1 aromatic rings. The second-order valence-corrected chi connectivity index (χ2v) is 3.63. The standard InChI is InChI=1S/C11H13N3O4/c12-9(15)6-8(11(17)18)14-10(16)5-7-3-1-2-4-13-7/h1-4,8H,5-6H2,(H2,12,15)(H,14,16)(H,17,18)/t8-/m1/s1. The largest absolute Gasteiger partial charge is 0.480 e. The molecule has 0 aliphatic heterocycles. The van der Waals surface area contributed by atoms with Crippen LogP contribution in [-0.4, -0.2) is 33.9 Å². The Balaban J connectivity index is 2.56. The molecule has 0 spiro atoms. The summed E-state index contributed by atoms with van der Waals surface area (Å²) < 4.78 is 0. The molecule has 0 aliphatic rings.